The Labute approximate surface area is 647 Å². The SMILES string of the molecule is CO[C@@H]([C@H](OC)[C@@H](COS(=O)(=O)[O-])OS(=O)(=O)[O-])[C@@H](CO[C@@H]1O[C@H](COS(=O)(=O)[O-])[C@@H](OS(=O)[O-])[C@H](OS(=O)[O-])[C@H]1OS(=O)(=O)[O-])OS(=O)(=O)[O-].[K+].[K+].[K+].[K+].[K+].[K+].[K+].[OH-].[OH-]. The Morgan fingerprint density at radius 1 is 0.550 bits per heavy atom. The maximum absolute atomic E-state index is 11.6. The Hall–Kier alpha value is 10.7. The minimum absolute atomic E-state index is 0. The Morgan fingerprint density at radius 3 is 1.23 bits per heavy atom. The van der Waals surface area contributed by atoms with Crippen molar-refractivity contribution in [2.45, 2.75) is 55.1 Å². The Kier molecular flexibility index (Phi) is 64.3. The van der Waals surface area contributed by atoms with Crippen LogP contribution in [0.4, 0.5) is 0 Å². The van der Waals surface area contributed by atoms with Gasteiger partial charge in [-0.15, -0.1) is 0 Å². The molecule has 1 aliphatic rings. The summed E-state index contributed by atoms with van der Waals surface area (Å²) >= 11 is -7.61. The Morgan fingerprint density at radius 2 is 0.917 bits per heavy atom. The van der Waals surface area contributed by atoms with Gasteiger partial charge in [-0.1, -0.05) is 0 Å². The van der Waals surface area contributed by atoms with Crippen LogP contribution in [0.15, 0.2) is 0 Å². The minimum Gasteiger partial charge on any atom is -0.870 e. The molecule has 0 saturated carbocycles. The van der Waals surface area contributed by atoms with E-state index in [2.05, 4.69) is 29.3 Å². The van der Waals surface area contributed by atoms with Crippen molar-refractivity contribution < 1.29 is 501 Å². The summed E-state index contributed by atoms with van der Waals surface area (Å²) in [6.07, 6.45) is -23.4. The van der Waals surface area contributed by atoms with E-state index >= 15 is 0 Å². The number of ether oxygens (including phenoxy) is 4. The minimum atomic E-state index is -6.07. The van der Waals surface area contributed by atoms with Gasteiger partial charge < -0.3 is 61.8 Å². The van der Waals surface area contributed by atoms with E-state index in [-0.39, 0.29) is 371 Å². The Balaban J connectivity index is -0.000000413. The van der Waals surface area contributed by atoms with Crippen LogP contribution in [0.3, 0.4) is 0 Å². The molecule has 322 valence electrons. The number of rotatable bonds is 24. The number of methoxy groups -OCH3 is 2. The predicted molar refractivity (Wildman–Crippen MR) is 143 cm³/mol. The van der Waals surface area contributed by atoms with Crippen molar-refractivity contribution in [3.63, 3.8) is 0 Å². The summed E-state index contributed by atoms with van der Waals surface area (Å²) in [6.45, 7) is -4.99. The summed E-state index contributed by atoms with van der Waals surface area (Å²) in [5.74, 6) is 0. The zero-order valence-corrected chi connectivity index (χ0v) is 59.9. The van der Waals surface area contributed by atoms with E-state index in [1.165, 1.54) is 0 Å². The second-order valence-electron chi connectivity index (χ2n) is 8.75. The monoisotopic (exact) mass is 1200 g/mol. The van der Waals surface area contributed by atoms with Crippen LogP contribution in [0.25, 0.3) is 0 Å². The molecule has 46 heteroatoms. The summed E-state index contributed by atoms with van der Waals surface area (Å²) in [5.41, 5.74) is 0. The van der Waals surface area contributed by atoms with Gasteiger partial charge in [0.25, 0.3) is 0 Å². The van der Waals surface area contributed by atoms with Gasteiger partial charge in [-0.25, -0.2) is 50.5 Å². The molecule has 0 aromatic heterocycles. The molecular formula is C14H23K7O32S7-2. The molecule has 60 heavy (non-hydrogen) atoms. The standard InChI is InChI=1S/C14H28O30S7.7K.2H2O/c1-34-9(10(35-2)8(43-50(28,29)30)5-38-48(22,23)24)7(42-49(25,26)27)3-36-14-13(44-51(31,32)33)12(41-46(17)18)11(40-45(15)16)6(39-14)4-37-47(19,20)21;;;;;;;;;/h6-14H,3-5H2,1-2H3,(H,15,16)(H,17,18)(H,19,20,21)(H,22,23,24)(H,25,26,27)(H,28,29,30)(H,31,32,33);;;;;;;;2*1H2/q;7*+1;;/p-9/t6-,7-,8-,9-,10-,11-,12+,13-,14-;;;;;;;;;/m1........./s1. The van der Waals surface area contributed by atoms with E-state index in [4.69, 9.17) is 18.9 Å². The smallest absolute Gasteiger partial charge is 0.870 e. The van der Waals surface area contributed by atoms with E-state index < -0.39 is 150 Å². The van der Waals surface area contributed by atoms with Crippen LogP contribution in [0.5, 0.6) is 0 Å². The second-order valence-corrected chi connectivity index (χ2v) is 15.1. The van der Waals surface area contributed by atoms with Crippen molar-refractivity contribution in [3.8, 4) is 0 Å². The van der Waals surface area contributed by atoms with Crippen molar-refractivity contribution in [1.82, 2.24) is 0 Å². The van der Waals surface area contributed by atoms with Gasteiger partial charge in [0.2, 0.25) is 52.0 Å². The van der Waals surface area contributed by atoms with Crippen LogP contribution in [-0.2, 0) is 123 Å². The molecule has 0 amide bonds. The fourth-order valence-corrected chi connectivity index (χ4v) is 6.76. The van der Waals surface area contributed by atoms with Crippen molar-refractivity contribution in [2.24, 2.45) is 0 Å². The van der Waals surface area contributed by atoms with Crippen molar-refractivity contribution >= 4 is 74.7 Å². The molecule has 32 nitrogen and oxygen atoms in total. The molecule has 1 fully saturated rings. The summed E-state index contributed by atoms with van der Waals surface area (Å²) < 4.78 is 263. The molecular weight excluding hydrogens is 1180 g/mol. The molecule has 0 radical (unpaired) electrons. The third-order valence-corrected chi connectivity index (χ3v) is 8.49. The van der Waals surface area contributed by atoms with Gasteiger partial charge in [-0.2, -0.15) is 0 Å². The molecule has 1 heterocycles. The fraction of sp³-hybridized carbons (Fsp3) is 1.00. The molecule has 0 bridgehead atoms. The van der Waals surface area contributed by atoms with Crippen molar-refractivity contribution in [3.05, 3.63) is 0 Å². The first-order valence-corrected chi connectivity index (χ1v) is 20.6. The molecule has 1 saturated heterocycles. The average Bonchev–Trinajstić information content (AvgIpc) is 2.90. The first-order valence-electron chi connectivity index (χ1n) is 11.9. The van der Waals surface area contributed by atoms with Crippen LogP contribution in [-0.4, -0.2) is 182 Å². The zero-order chi connectivity index (χ0) is 39.8. The molecule has 11 atom stereocenters. The van der Waals surface area contributed by atoms with Gasteiger partial charge in [-0.3, -0.25) is 29.3 Å². The normalized spacial score (nSPS) is 22.2. The fourth-order valence-electron chi connectivity index (χ4n) is 3.94. The third kappa shape index (κ3) is 41.9. The predicted octanol–water partition coefficient (Wildman–Crippen LogP) is -28.7. The zero-order valence-electron chi connectivity index (χ0n) is 32.3. The van der Waals surface area contributed by atoms with Crippen LogP contribution in [0.2, 0.25) is 0 Å². The van der Waals surface area contributed by atoms with Gasteiger partial charge in [-0.05, 0) is 0 Å². The average molecular weight is 1200 g/mol. The number of hydrogen-bond donors (Lipinski definition) is 0. The summed E-state index contributed by atoms with van der Waals surface area (Å²) in [4.78, 5) is 0. The molecule has 0 aliphatic carbocycles. The quantitative estimate of drug-likeness (QED) is 0.0375. The Bertz CT molecular complexity index is 1760. The van der Waals surface area contributed by atoms with Gasteiger partial charge >= 0.3 is 360 Å². The van der Waals surface area contributed by atoms with Crippen LogP contribution in [0, 0.1) is 0 Å². The maximum Gasteiger partial charge on any atom is 1.00 e. The van der Waals surface area contributed by atoms with E-state index in [0.717, 1.165) is 0 Å². The second kappa shape index (κ2) is 42.8. The van der Waals surface area contributed by atoms with Crippen LogP contribution >= 0.6 is 0 Å². The van der Waals surface area contributed by atoms with Gasteiger partial charge in [0.05, 0.1) is 42.5 Å². The molecule has 2 unspecified atom stereocenters. The van der Waals surface area contributed by atoms with Crippen molar-refractivity contribution in [2.75, 3.05) is 34.0 Å². The van der Waals surface area contributed by atoms with Gasteiger partial charge in [0, 0.05) is 14.2 Å². The van der Waals surface area contributed by atoms with Gasteiger partial charge in [0.15, 0.2) is 12.4 Å². The maximum atomic E-state index is 11.6. The van der Waals surface area contributed by atoms with Crippen molar-refractivity contribution in [1.29, 1.82) is 0 Å². The first kappa shape index (κ1) is 90.2. The summed E-state index contributed by atoms with van der Waals surface area (Å²) in [6, 6.07) is 0. The van der Waals surface area contributed by atoms with Crippen LogP contribution in [0.1, 0.15) is 0 Å². The van der Waals surface area contributed by atoms with E-state index in [1.807, 2.05) is 0 Å². The molecule has 1 aliphatic heterocycles. The molecule has 0 aromatic carbocycles. The first-order chi connectivity index (χ1) is 22.9. The summed E-state index contributed by atoms with van der Waals surface area (Å²) in [5, 5.41) is 0. The molecule has 1 rings (SSSR count). The topological polar surface area (TPSA) is 528 Å². The molecule has 0 aromatic rings. The van der Waals surface area contributed by atoms with E-state index in [9.17, 15) is 82.4 Å². The molecule has 0 spiro atoms. The van der Waals surface area contributed by atoms with E-state index in [0.29, 0.717) is 14.2 Å². The number of hydrogen-bond acceptors (Lipinski definition) is 32. The van der Waals surface area contributed by atoms with Gasteiger partial charge in [0.1, 0.15) is 42.7 Å². The third-order valence-electron chi connectivity index (χ3n) is 5.46. The largest absolute Gasteiger partial charge is 1.00 e. The van der Waals surface area contributed by atoms with E-state index in [1.54, 1.807) is 0 Å². The van der Waals surface area contributed by atoms with Crippen LogP contribution < -0.4 is 360 Å². The summed E-state index contributed by atoms with van der Waals surface area (Å²) in [7, 11) is -28.1. The molecule has 2 N–H and O–H groups in total.